The molecule has 0 spiro atoms. The average Bonchev–Trinajstić information content (AvgIpc) is 3.42. The van der Waals surface area contributed by atoms with Crippen molar-refractivity contribution in [3.8, 4) is 11.1 Å². The average molecular weight is 453 g/mol. The van der Waals surface area contributed by atoms with Crippen LogP contribution in [0.5, 0.6) is 0 Å². The largest absolute Gasteiger partial charge is 0.480 e. The minimum absolute atomic E-state index is 0.0306. The van der Waals surface area contributed by atoms with E-state index in [0.717, 1.165) is 35.1 Å². The molecule has 8 heteroatoms. The molecular weight excluding hydrogens is 428 g/mol. The molecule has 3 aliphatic rings. The topological polar surface area (TPSA) is 95.9 Å². The Hall–Kier alpha value is -3.00. The Morgan fingerprint density at radius 1 is 1.06 bits per heavy atom. The van der Waals surface area contributed by atoms with Crippen LogP contribution in [0, 0.1) is 5.92 Å². The number of fused-ring (bicyclic) bond motifs is 3. The number of aliphatic carboxylic acids is 1. The van der Waals surface area contributed by atoms with Crippen molar-refractivity contribution in [2.75, 3.05) is 18.2 Å². The Kier molecular flexibility index (Phi) is 5.55. The highest BCUT2D eigenvalue weighted by molar-refractivity contribution is 7.99. The Labute approximate surface area is 190 Å². The van der Waals surface area contributed by atoms with Crippen LogP contribution in [-0.4, -0.2) is 58.3 Å². The number of rotatable bonds is 6. The van der Waals surface area contributed by atoms with Crippen molar-refractivity contribution >= 4 is 29.7 Å². The van der Waals surface area contributed by atoms with Crippen molar-refractivity contribution in [1.29, 1.82) is 0 Å². The number of thioether (sulfide) groups is 1. The summed E-state index contributed by atoms with van der Waals surface area (Å²) in [5.74, 6) is -0.690. The highest BCUT2D eigenvalue weighted by Gasteiger charge is 2.44. The number of alkyl carbamates (subject to hydrolysis) is 1. The van der Waals surface area contributed by atoms with Gasteiger partial charge in [-0.1, -0.05) is 48.5 Å². The highest BCUT2D eigenvalue weighted by atomic mass is 32.2. The second-order valence-corrected chi connectivity index (χ2v) is 9.45. The molecule has 2 aromatic carbocycles. The van der Waals surface area contributed by atoms with Crippen LogP contribution in [0.25, 0.3) is 11.1 Å². The summed E-state index contributed by atoms with van der Waals surface area (Å²) in [6.07, 6.45) is 1.02. The van der Waals surface area contributed by atoms with E-state index in [1.165, 1.54) is 16.7 Å². The molecule has 2 fully saturated rings. The van der Waals surface area contributed by atoms with Gasteiger partial charge in [-0.2, -0.15) is 0 Å². The zero-order valence-electron chi connectivity index (χ0n) is 17.4. The van der Waals surface area contributed by atoms with E-state index >= 15 is 0 Å². The van der Waals surface area contributed by atoms with Crippen LogP contribution in [0.1, 0.15) is 29.9 Å². The number of benzene rings is 2. The van der Waals surface area contributed by atoms with E-state index in [2.05, 4.69) is 29.6 Å². The van der Waals surface area contributed by atoms with Crippen LogP contribution in [-0.2, 0) is 14.3 Å². The van der Waals surface area contributed by atoms with Crippen molar-refractivity contribution in [2.45, 2.75) is 30.8 Å². The van der Waals surface area contributed by atoms with Crippen molar-refractivity contribution < 1.29 is 24.2 Å². The third-order valence-corrected chi connectivity index (χ3v) is 7.44. The van der Waals surface area contributed by atoms with E-state index in [1.54, 1.807) is 0 Å². The molecule has 1 saturated heterocycles. The number of nitrogens with zero attached hydrogens (tertiary/aromatic N) is 1. The second kappa shape index (κ2) is 8.50. The molecule has 0 radical (unpaired) electrons. The number of carboxylic acid groups (broad SMARTS) is 1. The SMILES string of the molecule is O=C(NC(C(=O)N1CSCC1C(=O)O)C1CC1)OCC1c2ccccc2-c2ccccc21. The summed E-state index contributed by atoms with van der Waals surface area (Å²) < 4.78 is 5.59. The number of ether oxygens (including phenoxy) is 1. The first-order valence-corrected chi connectivity index (χ1v) is 11.9. The lowest BCUT2D eigenvalue weighted by molar-refractivity contribution is -0.148. The number of carbonyl (C=O) groups excluding carboxylic acids is 2. The Balaban J connectivity index is 1.26. The molecule has 2 amide bonds. The second-order valence-electron chi connectivity index (χ2n) is 8.45. The summed E-state index contributed by atoms with van der Waals surface area (Å²) in [6.45, 7) is 0.169. The minimum atomic E-state index is -1.01. The van der Waals surface area contributed by atoms with E-state index in [1.807, 2.05) is 24.3 Å². The monoisotopic (exact) mass is 452 g/mol. The first-order valence-electron chi connectivity index (χ1n) is 10.8. The van der Waals surface area contributed by atoms with Gasteiger partial charge in [0.05, 0.1) is 5.88 Å². The molecule has 0 aromatic heterocycles. The van der Waals surface area contributed by atoms with Gasteiger partial charge in [0.2, 0.25) is 5.91 Å². The van der Waals surface area contributed by atoms with Gasteiger partial charge in [-0.25, -0.2) is 9.59 Å². The van der Waals surface area contributed by atoms with Crippen LogP contribution >= 0.6 is 11.8 Å². The van der Waals surface area contributed by atoms with Gasteiger partial charge >= 0.3 is 12.1 Å². The molecule has 0 bridgehead atoms. The van der Waals surface area contributed by atoms with Crippen molar-refractivity contribution in [3.63, 3.8) is 0 Å². The van der Waals surface area contributed by atoms with Crippen LogP contribution in [0.2, 0.25) is 0 Å². The molecule has 2 atom stereocenters. The van der Waals surface area contributed by atoms with Crippen LogP contribution in [0.4, 0.5) is 4.79 Å². The fourth-order valence-corrected chi connectivity index (χ4v) is 5.78. The molecule has 1 aliphatic heterocycles. The molecule has 2 unspecified atom stereocenters. The Morgan fingerprint density at radius 2 is 1.69 bits per heavy atom. The van der Waals surface area contributed by atoms with E-state index in [9.17, 15) is 19.5 Å². The summed E-state index contributed by atoms with van der Waals surface area (Å²) in [5, 5.41) is 12.1. The van der Waals surface area contributed by atoms with Gasteiger partial charge in [0, 0.05) is 11.7 Å². The molecule has 1 saturated carbocycles. The summed E-state index contributed by atoms with van der Waals surface area (Å²) in [7, 11) is 0. The molecule has 32 heavy (non-hydrogen) atoms. The molecule has 166 valence electrons. The van der Waals surface area contributed by atoms with Gasteiger partial charge in [0.1, 0.15) is 18.7 Å². The van der Waals surface area contributed by atoms with Gasteiger partial charge in [0.25, 0.3) is 0 Å². The number of hydrogen-bond acceptors (Lipinski definition) is 5. The maximum atomic E-state index is 13.0. The molecule has 7 nitrogen and oxygen atoms in total. The van der Waals surface area contributed by atoms with E-state index in [0.29, 0.717) is 11.6 Å². The van der Waals surface area contributed by atoms with Gasteiger partial charge in [-0.3, -0.25) is 4.79 Å². The molecule has 2 N–H and O–H groups in total. The maximum absolute atomic E-state index is 13.0. The van der Waals surface area contributed by atoms with Gasteiger partial charge in [0.15, 0.2) is 0 Å². The maximum Gasteiger partial charge on any atom is 0.407 e. The lowest BCUT2D eigenvalue weighted by Crippen LogP contribution is -2.53. The first-order chi connectivity index (χ1) is 15.5. The quantitative estimate of drug-likeness (QED) is 0.698. The number of amides is 2. The number of carboxylic acids is 1. The molecule has 1 heterocycles. The van der Waals surface area contributed by atoms with E-state index in [4.69, 9.17) is 4.74 Å². The molecule has 2 aromatic rings. The van der Waals surface area contributed by atoms with E-state index in [-0.39, 0.29) is 24.3 Å². The number of hydrogen-bond donors (Lipinski definition) is 2. The van der Waals surface area contributed by atoms with Crippen LogP contribution < -0.4 is 5.32 Å². The molecule has 5 rings (SSSR count). The van der Waals surface area contributed by atoms with Crippen molar-refractivity contribution in [3.05, 3.63) is 59.7 Å². The summed E-state index contributed by atoms with van der Waals surface area (Å²) in [5.41, 5.74) is 4.54. The lowest BCUT2D eigenvalue weighted by atomic mass is 9.98. The first kappa shape index (κ1) is 20.9. The van der Waals surface area contributed by atoms with Gasteiger partial charge in [-0.15, -0.1) is 11.8 Å². The standard InChI is InChI=1S/C24H24N2O5S/c27-22(26-13-32-12-20(26)23(28)29)21(14-9-10-14)25-24(30)31-11-19-17-7-3-1-5-15(17)16-6-2-4-8-18(16)19/h1-8,14,19-21H,9-13H2,(H,25,30)(H,28,29). The van der Waals surface area contributed by atoms with Crippen molar-refractivity contribution in [2.24, 2.45) is 5.92 Å². The fourth-order valence-electron chi connectivity index (χ4n) is 4.62. The Morgan fingerprint density at radius 3 is 2.28 bits per heavy atom. The molecule has 2 aliphatic carbocycles. The van der Waals surface area contributed by atoms with Gasteiger partial charge in [-0.05, 0) is 41.0 Å². The summed E-state index contributed by atoms with van der Waals surface area (Å²) in [6, 6.07) is 14.6. The highest BCUT2D eigenvalue weighted by Crippen LogP contribution is 2.44. The van der Waals surface area contributed by atoms with Gasteiger partial charge < -0.3 is 20.1 Å². The summed E-state index contributed by atoms with van der Waals surface area (Å²) >= 11 is 1.41. The van der Waals surface area contributed by atoms with Crippen LogP contribution in [0.15, 0.2) is 48.5 Å². The lowest BCUT2D eigenvalue weighted by Gasteiger charge is -2.26. The van der Waals surface area contributed by atoms with Crippen molar-refractivity contribution in [1.82, 2.24) is 10.2 Å². The minimum Gasteiger partial charge on any atom is -0.480 e. The molecular formula is C24H24N2O5S. The normalized spacial score (nSPS) is 20.4. The Bertz CT molecular complexity index is 1020. The predicted octanol–water partition coefficient (Wildman–Crippen LogP) is 3.29. The zero-order valence-corrected chi connectivity index (χ0v) is 18.2. The van der Waals surface area contributed by atoms with Crippen LogP contribution in [0.3, 0.4) is 0 Å². The zero-order chi connectivity index (χ0) is 22.2. The smallest absolute Gasteiger partial charge is 0.407 e. The third kappa shape index (κ3) is 3.83. The van der Waals surface area contributed by atoms with E-state index < -0.39 is 24.1 Å². The summed E-state index contributed by atoms with van der Waals surface area (Å²) in [4.78, 5) is 38.6. The number of carbonyl (C=O) groups is 3. The predicted molar refractivity (Wildman–Crippen MR) is 120 cm³/mol. The fraction of sp³-hybridized carbons (Fsp3) is 0.375. The third-order valence-electron chi connectivity index (χ3n) is 6.43. The number of nitrogens with one attached hydrogen (secondary N) is 1.